The number of hydrogen-bond acceptors (Lipinski definition) is 4. The van der Waals surface area contributed by atoms with E-state index in [1.54, 1.807) is 4.31 Å². The molecule has 4 fully saturated rings. The van der Waals surface area contributed by atoms with Gasteiger partial charge in [-0.3, -0.25) is 4.90 Å². The van der Waals surface area contributed by atoms with Crippen molar-refractivity contribution in [2.45, 2.75) is 25.4 Å². The molecule has 4 aliphatic rings. The molecule has 0 radical (unpaired) electrons. The molecule has 1 aromatic rings. The summed E-state index contributed by atoms with van der Waals surface area (Å²) in [5.74, 6) is 2.42. The maximum Gasteiger partial charge on any atom is 0.211 e. The second-order valence-electron chi connectivity index (χ2n) is 7.97. The summed E-state index contributed by atoms with van der Waals surface area (Å²) in [6, 6.07) is 10.5. The minimum atomic E-state index is -3.20. The summed E-state index contributed by atoms with van der Waals surface area (Å²) in [7, 11) is -3.20. The summed E-state index contributed by atoms with van der Waals surface area (Å²) in [6.07, 6.45) is 3.96. The van der Waals surface area contributed by atoms with Crippen LogP contribution in [0, 0.1) is 17.8 Å². The molecular formula is C19H29N3O2S. The molecule has 1 aromatic carbocycles. The molecule has 0 aromatic heterocycles. The largest absolute Gasteiger partial charge is 0.316 e. The van der Waals surface area contributed by atoms with E-state index < -0.39 is 10.0 Å². The Morgan fingerprint density at radius 1 is 1.16 bits per heavy atom. The average Bonchev–Trinajstić information content (AvgIpc) is 3.10. The van der Waals surface area contributed by atoms with Crippen LogP contribution in [0.5, 0.6) is 0 Å². The average molecular weight is 364 g/mol. The Hall–Kier alpha value is -0.950. The van der Waals surface area contributed by atoms with Crippen LogP contribution in [0.4, 0.5) is 0 Å². The number of fused-ring (bicyclic) bond motifs is 2. The van der Waals surface area contributed by atoms with Crippen molar-refractivity contribution >= 4 is 10.0 Å². The topological polar surface area (TPSA) is 52.7 Å². The van der Waals surface area contributed by atoms with Crippen LogP contribution in [0.1, 0.15) is 18.4 Å². The fourth-order valence-electron chi connectivity index (χ4n) is 5.23. The minimum absolute atomic E-state index is 0.467. The molecule has 25 heavy (non-hydrogen) atoms. The molecule has 5 rings (SSSR count). The van der Waals surface area contributed by atoms with Crippen LogP contribution in [0.25, 0.3) is 0 Å². The summed E-state index contributed by atoms with van der Waals surface area (Å²) in [6.45, 7) is 5.38. The van der Waals surface area contributed by atoms with Gasteiger partial charge in [0.1, 0.15) is 0 Å². The van der Waals surface area contributed by atoms with Crippen molar-refractivity contribution in [1.82, 2.24) is 14.5 Å². The van der Waals surface area contributed by atoms with Crippen molar-refractivity contribution in [3.8, 4) is 0 Å². The van der Waals surface area contributed by atoms with Gasteiger partial charge in [0.25, 0.3) is 0 Å². The second kappa shape index (κ2) is 6.99. The molecule has 3 saturated heterocycles. The van der Waals surface area contributed by atoms with Crippen molar-refractivity contribution < 1.29 is 8.42 Å². The molecule has 2 bridgehead atoms. The Balaban J connectivity index is 1.41. The highest BCUT2D eigenvalue weighted by atomic mass is 32.2. The highest BCUT2D eigenvalue weighted by Gasteiger charge is 2.49. The van der Waals surface area contributed by atoms with Gasteiger partial charge in [-0.25, -0.2) is 8.42 Å². The Labute approximate surface area is 151 Å². The van der Waals surface area contributed by atoms with Gasteiger partial charge in [-0.15, -0.1) is 0 Å². The number of benzene rings is 1. The molecule has 4 unspecified atom stereocenters. The van der Waals surface area contributed by atoms with Gasteiger partial charge in [-0.2, -0.15) is 4.31 Å². The van der Waals surface area contributed by atoms with E-state index in [1.807, 2.05) is 30.3 Å². The first-order chi connectivity index (χ1) is 12.0. The lowest BCUT2D eigenvalue weighted by molar-refractivity contribution is -0.0267. The SMILES string of the molecule is CS(=O)(=O)N(CCN1CC2CCC1C1CNCC21)Cc1ccccc1. The number of piperidine rings is 2. The molecule has 0 spiro atoms. The summed E-state index contributed by atoms with van der Waals surface area (Å²) in [4.78, 5) is 2.57. The van der Waals surface area contributed by atoms with Crippen molar-refractivity contribution in [2.24, 2.45) is 17.8 Å². The van der Waals surface area contributed by atoms with Crippen molar-refractivity contribution in [1.29, 1.82) is 0 Å². The van der Waals surface area contributed by atoms with E-state index in [9.17, 15) is 8.42 Å². The highest BCUT2D eigenvalue weighted by molar-refractivity contribution is 7.88. The molecule has 6 heteroatoms. The number of nitrogens with zero attached hydrogens (tertiary/aromatic N) is 2. The Kier molecular flexibility index (Phi) is 4.88. The summed E-state index contributed by atoms with van der Waals surface area (Å²) in [5, 5.41) is 3.57. The third kappa shape index (κ3) is 3.63. The van der Waals surface area contributed by atoms with E-state index >= 15 is 0 Å². The molecule has 1 aliphatic carbocycles. The van der Waals surface area contributed by atoms with Gasteiger partial charge in [0.15, 0.2) is 0 Å². The Morgan fingerprint density at radius 2 is 1.92 bits per heavy atom. The number of rotatable bonds is 6. The summed E-state index contributed by atoms with van der Waals surface area (Å²) in [5.41, 5.74) is 1.05. The van der Waals surface area contributed by atoms with E-state index in [0.717, 1.165) is 43.0 Å². The van der Waals surface area contributed by atoms with E-state index in [4.69, 9.17) is 0 Å². The maximum atomic E-state index is 12.2. The first-order valence-electron chi connectivity index (χ1n) is 9.46. The van der Waals surface area contributed by atoms with Crippen molar-refractivity contribution in [3.63, 3.8) is 0 Å². The standard InChI is InChI=1S/C19H29N3O2S/c1-25(23,24)22(13-15-5-3-2-4-6-15)10-9-21-14-16-7-8-19(21)18-12-20-11-17(16)18/h2-6,16-20H,7-14H2,1H3. The lowest BCUT2D eigenvalue weighted by atomic mass is 9.67. The first-order valence-corrected chi connectivity index (χ1v) is 11.3. The molecule has 0 amide bonds. The lowest BCUT2D eigenvalue weighted by Crippen LogP contribution is -2.58. The van der Waals surface area contributed by atoms with Crippen LogP contribution in [0.3, 0.4) is 0 Å². The Morgan fingerprint density at radius 3 is 2.68 bits per heavy atom. The molecule has 3 heterocycles. The Bertz CT molecular complexity index is 694. The molecule has 1 N–H and O–H groups in total. The quantitative estimate of drug-likeness (QED) is 0.830. The molecular weight excluding hydrogens is 334 g/mol. The normalized spacial score (nSPS) is 32.2. The number of sulfonamides is 1. The monoisotopic (exact) mass is 363 g/mol. The van der Waals surface area contributed by atoms with Crippen LogP contribution in [0.15, 0.2) is 30.3 Å². The maximum absolute atomic E-state index is 12.2. The van der Waals surface area contributed by atoms with Crippen LogP contribution >= 0.6 is 0 Å². The first kappa shape index (κ1) is 17.5. The lowest BCUT2D eigenvalue weighted by Gasteiger charge is -2.52. The van der Waals surface area contributed by atoms with E-state index in [0.29, 0.717) is 19.1 Å². The third-order valence-electron chi connectivity index (χ3n) is 6.49. The van der Waals surface area contributed by atoms with Gasteiger partial charge >= 0.3 is 0 Å². The van der Waals surface area contributed by atoms with E-state index in [1.165, 1.54) is 25.6 Å². The number of hydrogen-bond donors (Lipinski definition) is 1. The number of nitrogens with one attached hydrogen (secondary N) is 1. The third-order valence-corrected chi connectivity index (χ3v) is 7.74. The van der Waals surface area contributed by atoms with Crippen molar-refractivity contribution in [3.05, 3.63) is 35.9 Å². The van der Waals surface area contributed by atoms with Crippen molar-refractivity contribution in [2.75, 3.05) is 39.0 Å². The van der Waals surface area contributed by atoms with Gasteiger partial charge < -0.3 is 5.32 Å². The zero-order valence-corrected chi connectivity index (χ0v) is 15.8. The van der Waals surface area contributed by atoms with E-state index in [2.05, 4.69) is 10.2 Å². The fourth-order valence-corrected chi connectivity index (χ4v) is 6.03. The molecule has 3 aliphatic heterocycles. The predicted octanol–water partition coefficient (Wildman–Crippen LogP) is 1.38. The van der Waals surface area contributed by atoms with Gasteiger partial charge in [-0.1, -0.05) is 30.3 Å². The highest BCUT2D eigenvalue weighted by Crippen LogP contribution is 2.44. The minimum Gasteiger partial charge on any atom is -0.316 e. The zero-order valence-electron chi connectivity index (χ0n) is 15.0. The van der Waals surface area contributed by atoms with Gasteiger partial charge in [-0.05, 0) is 49.2 Å². The van der Waals surface area contributed by atoms with Gasteiger partial charge in [0, 0.05) is 32.2 Å². The summed E-state index contributed by atoms with van der Waals surface area (Å²) < 4.78 is 26.1. The second-order valence-corrected chi connectivity index (χ2v) is 9.95. The van der Waals surface area contributed by atoms with Crippen LogP contribution in [-0.2, 0) is 16.6 Å². The molecule has 1 saturated carbocycles. The van der Waals surface area contributed by atoms with E-state index in [-0.39, 0.29) is 0 Å². The molecule has 5 nitrogen and oxygen atoms in total. The molecule has 138 valence electrons. The van der Waals surface area contributed by atoms with Crippen LogP contribution in [-0.4, -0.2) is 62.6 Å². The van der Waals surface area contributed by atoms with Crippen LogP contribution in [0.2, 0.25) is 0 Å². The van der Waals surface area contributed by atoms with Gasteiger partial charge in [0.05, 0.1) is 6.26 Å². The summed E-state index contributed by atoms with van der Waals surface area (Å²) >= 11 is 0. The zero-order chi connectivity index (χ0) is 17.4. The van der Waals surface area contributed by atoms with Crippen LogP contribution < -0.4 is 5.32 Å². The fraction of sp³-hybridized carbons (Fsp3) is 0.684. The molecule has 4 atom stereocenters. The smallest absolute Gasteiger partial charge is 0.211 e. The van der Waals surface area contributed by atoms with Gasteiger partial charge in [0.2, 0.25) is 10.0 Å². The predicted molar refractivity (Wildman–Crippen MR) is 99.6 cm³/mol.